The number of nitrogens with zero attached hydrogens (tertiary/aromatic N) is 3. The summed E-state index contributed by atoms with van der Waals surface area (Å²) in [6.45, 7) is 3.67. The van der Waals surface area contributed by atoms with Crippen LogP contribution in [0.4, 0.5) is 5.69 Å². The number of aromatic amines is 1. The Morgan fingerprint density at radius 3 is 2.87 bits per heavy atom. The molecular formula is C25H22N4O. The van der Waals surface area contributed by atoms with Crippen molar-refractivity contribution in [1.29, 1.82) is 5.26 Å². The molecule has 0 unspecified atom stereocenters. The van der Waals surface area contributed by atoms with E-state index in [9.17, 15) is 5.26 Å². The fourth-order valence-electron chi connectivity index (χ4n) is 4.39. The summed E-state index contributed by atoms with van der Waals surface area (Å²) in [6, 6.07) is 14.6. The molecule has 2 aromatic heterocycles. The molecule has 0 amide bonds. The van der Waals surface area contributed by atoms with E-state index in [1.807, 2.05) is 12.1 Å². The summed E-state index contributed by atoms with van der Waals surface area (Å²) in [4.78, 5) is 10.2. The van der Waals surface area contributed by atoms with Crippen LogP contribution in [0.1, 0.15) is 23.1 Å². The third-order valence-electron chi connectivity index (χ3n) is 5.95. The first-order chi connectivity index (χ1) is 14.7. The van der Waals surface area contributed by atoms with Crippen molar-refractivity contribution in [3.63, 3.8) is 0 Å². The lowest BCUT2D eigenvalue weighted by molar-refractivity contribution is 0.415. The van der Waals surface area contributed by atoms with E-state index in [2.05, 4.69) is 64.4 Å². The average molecular weight is 394 g/mol. The van der Waals surface area contributed by atoms with Crippen LogP contribution in [0.3, 0.4) is 0 Å². The van der Waals surface area contributed by atoms with Crippen molar-refractivity contribution >= 4 is 33.1 Å². The number of H-pyrrole nitrogens is 1. The molecule has 1 aliphatic heterocycles. The lowest BCUT2D eigenvalue weighted by Gasteiger charge is -2.30. The van der Waals surface area contributed by atoms with Gasteiger partial charge in [0.05, 0.1) is 23.9 Å². The normalized spacial score (nSPS) is 14.0. The minimum atomic E-state index is 0.627. The lowest BCUT2D eigenvalue weighted by atomic mass is 9.97. The van der Waals surface area contributed by atoms with E-state index in [0.717, 1.165) is 52.9 Å². The number of ether oxygens (including phenoxy) is 1. The van der Waals surface area contributed by atoms with Crippen molar-refractivity contribution < 1.29 is 4.74 Å². The Bertz CT molecular complexity index is 1340. The van der Waals surface area contributed by atoms with Gasteiger partial charge in [0.15, 0.2) is 0 Å². The van der Waals surface area contributed by atoms with Crippen molar-refractivity contribution in [2.24, 2.45) is 0 Å². The third kappa shape index (κ3) is 2.89. The third-order valence-corrected chi connectivity index (χ3v) is 5.95. The van der Waals surface area contributed by atoms with Crippen molar-refractivity contribution in [3.05, 3.63) is 71.6 Å². The molecule has 5 rings (SSSR count). The quantitative estimate of drug-likeness (QED) is 0.519. The van der Waals surface area contributed by atoms with Gasteiger partial charge in [0.25, 0.3) is 0 Å². The number of rotatable bonds is 3. The monoisotopic (exact) mass is 394 g/mol. The van der Waals surface area contributed by atoms with Crippen LogP contribution in [-0.2, 0) is 0 Å². The molecule has 2 aromatic carbocycles. The van der Waals surface area contributed by atoms with Crippen molar-refractivity contribution in [2.75, 3.05) is 25.1 Å². The van der Waals surface area contributed by atoms with E-state index in [1.54, 1.807) is 13.3 Å². The fourth-order valence-corrected chi connectivity index (χ4v) is 4.39. The Morgan fingerprint density at radius 1 is 1.20 bits per heavy atom. The van der Waals surface area contributed by atoms with E-state index < -0.39 is 0 Å². The topological polar surface area (TPSA) is 64.9 Å². The number of aromatic nitrogens is 2. The van der Waals surface area contributed by atoms with Gasteiger partial charge in [-0.25, -0.2) is 0 Å². The van der Waals surface area contributed by atoms with Crippen LogP contribution in [0.2, 0.25) is 0 Å². The molecule has 1 N–H and O–H groups in total. The zero-order chi connectivity index (χ0) is 20.7. The fraction of sp³-hybridized carbons (Fsp3) is 0.200. The van der Waals surface area contributed by atoms with Crippen LogP contribution in [-0.4, -0.2) is 30.2 Å². The molecule has 0 radical (unpaired) electrons. The number of benzene rings is 2. The maximum absolute atomic E-state index is 9.70. The SMILES string of the molecule is COc1ccc2[nH]cc(C3=CCN(c4c(C#N)cnc5c(C)cccc45)CC3)c2c1. The summed E-state index contributed by atoms with van der Waals surface area (Å²) in [7, 11) is 1.69. The highest BCUT2D eigenvalue weighted by atomic mass is 16.5. The smallest absolute Gasteiger partial charge is 0.119 e. The molecule has 5 heteroatoms. The van der Waals surface area contributed by atoms with Gasteiger partial charge in [0, 0.05) is 47.3 Å². The number of hydrogen-bond acceptors (Lipinski definition) is 4. The average Bonchev–Trinajstić information content (AvgIpc) is 3.22. The number of aryl methyl sites for hydroxylation is 1. The van der Waals surface area contributed by atoms with Gasteiger partial charge in [0.1, 0.15) is 11.8 Å². The summed E-state index contributed by atoms with van der Waals surface area (Å²) in [5, 5.41) is 11.9. The standard InChI is InChI=1S/C25H22N4O/c1-16-4-3-5-20-24(16)28-14-18(13-26)25(20)29-10-8-17(9-11-29)22-15-27-23-7-6-19(30-2)12-21(22)23/h3-8,12,14-15,27H,9-11H2,1-2H3. The largest absolute Gasteiger partial charge is 0.497 e. The van der Waals surface area contributed by atoms with Crippen LogP contribution in [0.5, 0.6) is 5.75 Å². The second-order valence-corrected chi connectivity index (χ2v) is 7.64. The van der Waals surface area contributed by atoms with Crippen molar-refractivity contribution in [2.45, 2.75) is 13.3 Å². The zero-order valence-electron chi connectivity index (χ0n) is 17.1. The summed E-state index contributed by atoms with van der Waals surface area (Å²) in [6.07, 6.45) is 6.97. The number of hydrogen-bond donors (Lipinski definition) is 1. The van der Waals surface area contributed by atoms with Crippen LogP contribution >= 0.6 is 0 Å². The number of pyridine rings is 1. The van der Waals surface area contributed by atoms with Crippen molar-refractivity contribution in [1.82, 2.24) is 9.97 Å². The molecule has 0 saturated heterocycles. The lowest BCUT2D eigenvalue weighted by Crippen LogP contribution is -2.29. The molecule has 5 nitrogen and oxygen atoms in total. The molecule has 0 aliphatic carbocycles. The zero-order valence-corrected chi connectivity index (χ0v) is 17.1. The number of fused-ring (bicyclic) bond motifs is 2. The summed E-state index contributed by atoms with van der Waals surface area (Å²) >= 11 is 0. The molecule has 0 saturated carbocycles. The van der Waals surface area contributed by atoms with E-state index in [4.69, 9.17) is 4.74 Å². The molecule has 0 spiro atoms. The summed E-state index contributed by atoms with van der Waals surface area (Å²) < 4.78 is 5.41. The number of nitriles is 1. The Hall–Kier alpha value is -3.78. The molecule has 148 valence electrons. The van der Waals surface area contributed by atoms with E-state index in [-0.39, 0.29) is 0 Å². The van der Waals surface area contributed by atoms with Gasteiger partial charge in [-0.2, -0.15) is 5.26 Å². The highest BCUT2D eigenvalue weighted by Gasteiger charge is 2.21. The molecule has 3 heterocycles. The van der Waals surface area contributed by atoms with E-state index in [0.29, 0.717) is 5.56 Å². The van der Waals surface area contributed by atoms with Gasteiger partial charge in [-0.05, 0) is 42.7 Å². The van der Waals surface area contributed by atoms with E-state index in [1.165, 1.54) is 16.5 Å². The maximum Gasteiger partial charge on any atom is 0.119 e. The highest BCUT2D eigenvalue weighted by molar-refractivity contribution is 5.97. The minimum Gasteiger partial charge on any atom is -0.497 e. The van der Waals surface area contributed by atoms with Gasteiger partial charge >= 0.3 is 0 Å². The Labute approximate surface area is 175 Å². The second-order valence-electron chi connectivity index (χ2n) is 7.64. The molecule has 1 aliphatic rings. The minimum absolute atomic E-state index is 0.627. The molecular weight excluding hydrogens is 372 g/mol. The summed E-state index contributed by atoms with van der Waals surface area (Å²) in [5.41, 5.74) is 7.35. The molecule has 0 bridgehead atoms. The number of para-hydroxylation sites is 1. The van der Waals surface area contributed by atoms with Gasteiger partial charge in [-0.15, -0.1) is 0 Å². The Balaban J connectivity index is 1.54. The predicted molar refractivity (Wildman–Crippen MR) is 121 cm³/mol. The van der Waals surface area contributed by atoms with Crippen LogP contribution in [0.15, 0.2) is 54.9 Å². The molecule has 4 aromatic rings. The van der Waals surface area contributed by atoms with Crippen molar-refractivity contribution in [3.8, 4) is 11.8 Å². The van der Waals surface area contributed by atoms with Crippen LogP contribution < -0.4 is 9.64 Å². The van der Waals surface area contributed by atoms with E-state index >= 15 is 0 Å². The number of anilines is 1. The van der Waals surface area contributed by atoms with Crippen LogP contribution in [0, 0.1) is 18.3 Å². The predicted octanol–water partition coefficient (Wildman–Crippen LogP) is 5.20. The van der Waals surface area contributed by atoms with Gasteiger partial charge in [-0.1, -0.05) is 24.3 Å². The van der Waals surface area contributed by atoms with Gasteiger partial charge in [-0.3, -0.25) is 4.98 Å². The first kappa shape index (κ1) is 18.3. The molecule has 0 atom stereocenters. The van der Waals surface area contributed by atoms with Gasteiger partial charge < -0.3 is 14.6 Å². The van der Waals surface area contributed by atoms with Gasteiger partial charge in [0.2, 0.25) is 0 Å². The Kier molecular flexibility index (Phi) is 4.40. The maximum atomic E-state index is 9.70. The molecule has 0 fully saturated rings. The first-order valence-electron chi connectivity index (χ1n) is 10.1. The Morgan fingerprint density at radius 2 is 2.10 bits per heavy atom. The number of methoxy groups -OCH3 is 1. The van der Waals surface area contributed by atoms with Crippen LogP contribution in [0.25, 0.3) is 27.4 Å². The second kappa shape index (κ2) is 7.23. The molecule has 30 heavy (non-hydrogen) atoms. The highest BCUT2D eigenvalue weighted by Crippen LogP contribution is 2.36. The first-order valence-corrected chi connectivity index (χ1v) is 10.1. The number of nitrogens with one attached hydrogen (secondary N) is 1. The summed E-state index contributed by atoms with van der Waals surface area (Å²) in [5.74, 6) is 0.860.